The molecule has 0 fully saturated rings. The molecule has 2 aromatic carbocycles. The van der Waals surface area contributed by atoms with E-state index in [1.54, 1.807) is 24.3 Å². The molecule has 0 aliphatic heterocycles. The number of nitrogens with zero attached hydrogens (tertiary/aromatic N) is 3. The number of aromatic nitrogens is 2. The molecule has 0 unspecified atom stereocenters. The molecule has 0 aliphatic carbocycles. The SMILES string of the molecule is Cc1ccc(Oc2ncnc(Nc3ccc(Cl)c(Cl)c3)c2[N+](=O)[O-])cc1. The second-order valence-corrected chi connectivity index (χ2v) is 6.12. The van der Waals surface area contributed by atoms with E-state index in [4.69, 9.17) is 27.9 Å². The summed E-state index contributed by atoms with van der Waals surface area (Å²) in [6, 6.07) is 11.8. The third kappa shape index (κ3) is 4.01. The standard InChI is InChI=1S/C17H12Cl2N4O3/c1-10-2-5-12(6-3-10)26-17-15(23(24)25)16(20-9-21-17)22-11-4-7-13(18)14(19)8-11/h2-9H,1H3,(H,20,21,22). The first-order valence-corrected chi connectivity index (χ1v) is 8.15. The Morgan fingerprint density at radius 3 is 2.46 bits per heavy atom. The Morgan fingerprint density at radius 1 is 1.08 bits per heavy atom. The molecule has 26 heavy (non-hydrogen) atoms. The van der Waals surface area contributed by atoms with Crippen molar-refractivity contribution in [3.05, 3.63) is 74.5 Å². The fraction of sp³-hybridized carbons (Fsp3) is 0.0588. The summed E-state index contributed by atoms with van der Waals surface area (Å²) in [5, 5.41) is 15.1. The van der Waals surface area contributed by atoms with Crippen LogP contribution >= 0.6 is 23.2 Å². The van der Waals surface area contributed by atoms with Gasteiger partial charge in [0.25, 0.3) is 0 Å². The van der Waals surface area contributed by atoms with Gasteiger partial charge >= 0.3 is 11.6 Å². The van der Waals surface area contributed by atoms with E-state index in [-0.39, 0.29) is 17.4 Å². The maximum Gasteiger partial charge on any atom is 0.373 e. The Bertz CT molecular complexity index is 965. The van der Waals surface area contributed by atoms with Crippen LogP contribution in [-0.4, -0.2) is 14.9 Å². The first-order chi connectivity index (χ1) is 12.4. The van der Waals surface area contributed by atoms with E-state index in [9.17, 15) is 10.1 Å². The van der Waals surface area contributed by atoms with E-state index in [0.717, 1.165) is 5.56 Å². The molecule has 0 spiro atoms. The average molecular weight is 391 g/mol. The van der Waals surface area contributed by atoms with Crippen molar-refractivity contribution in [2.45, 2.75) is 6.92 Å². The number of anilines is 2. The summed E-state index contributed by atoms with van der Waals surface area (Å²) < 4.78 is 5.57. The molecule has 1 aromatic heterocycles. The minimum Gasteiger partial charge on any atom is -0.434 e. The lowest BCUT2D eigenvalue weighted by Crippen LogP contribution is -2.03. The van der Waals surface area contributed by atoms with E-state index in [0.29, 0.717) is 21.5 Å². The number of halogens is 2. The van der Waals surface area contributed by atoms with E-state index < -0.39 is 4.92 Å². The second-order valence-electron chi connectivity index (χ2n) is 5.30. The van der Waals surface area contributed by atoms with Crippen molar-refractivity contribution in [3.8, 4) is 11.6 Å². The minimum absolute atomic E-state index is 0.0227. The van der Waals surface area contributed by atoms with Crippen LogP contribution in [0.3, 0.4) is 0 Å². The second kappa shape index (κ2) is 7.55. The van der Waals surface area contributed by atoms with Crippen molar-refractivity contribution in [1.82, 2.24) is 9.97 Å². The van der Waals surface area contributed by atoms with Crippen LogP contribution in [0.2, 0.25) is 10.0 Å². The molecular weight excluding hydrogens is 379 g/mol. The van der Waals surface area contributed by atoms with Crippen molar-refractivity contribution in [2.75, 3.05) is 5.32 Å². The number of hydrogen-bond acceptors (Lipinski definition) is 6. The molecule has 0 saturated heterocycles. The summed E-state index contributed by atoms with van der Waals surface area (Å²) in [6.07, 6.45) is 1.18. The predicted molar refractivity (Wildman–Crippen MR) is 99.7 cm³/mol. The zero-order valence-electron chi connectivity index (χ0n) is 13.4. The molecule has 0 saturated carbocycles. The number of benzene rings is 2. The monoisotopic (exact) mass is 390 g/mol. The third-order valence-electron chi connectivity index (χ3n) is 3.39. The minimum atomic E-state index is -0.608. The zero-order chi connectivity index (χ0) is 18.7. The highest BCUT2D eigenvalue weighted by Gasteiger charge is 2.25. The van der Waals surface area contributed by atoms with Crippen molar-refractivity contribution in [1.29, 1.82) is 0 Å². The molecule has 1 heterocycles. The van der Waals surface area contributed by atoms with Crippen LogP contribution in [0.15, 0.2) is 48.8 Å². The Labute approximate surface area is 158 Å². The third-order valence-corrected chi connectivity index (χ3v) is 4.13. The topological polar surface area (TPSA) is 90.2 Å². The summed E-state index contributed by atoms with van der Waals surface area (Å²) in [4.78, 5) is 18.8. The van der Waals surface area contributed by atoms with Gasteiger partial charge in [-0.15, -0.1) is 0 Å². The van der Waals surface area contributed by atoms with Gasteiger partial charge in [0, 0.05) is 5.69 Å². The normalized spacial score (nSPS) is 10.4. The molecule has 3 rings (SSSR count). The molecule has 7 nitrogen and oxygen atoms in total. The van der Waals surface area contributed by atoms with Gasteiger partial charge < -0.3 is 10.1 Å². The van der Waals surface area contributed by atoms with E-state index >= 15 is 0 Å². The molecule has 0 radical (unpaired) electrons. The number of ether oxygens (including phenoxy) is 1. The largest absolute Gasteiger partial charge is 0.434 e. The Balaban J connectivity index is 1.96. The van der Waals surface area contributed by atoms with Gasteiger partial charge in [0.05, 0.1) is 15.0 Å². The number of rotatable bonds is 5. The van der Waals surface area contributed by atoms with Gasteiger partial charge in [-0.05, 0) is 37.3 Å². The Hall–Kier alpha value is -2.90. The lowest BCUT2D eigenvalue weighted by molar-refractivity contribution is -0.385. The maximum absolute atomic E-state index is 11.6. The number of hydrogen-bond donors (Lipinski definition) is 1. The molecule has 132 valence electrons. The molecule has 0 atom stereocenters. The predicted octanol–water partition coefficient (Wildman–Crippen LogP) is 5.54. The van der Waals surface area contributed by atoms with Crippen LogP contribution in [-0.2, 0) is 0 Å². The van der Waals surface area contributed by atoms with Crippen molar-refractivity contribution in [3.63, 3.8) is 0 Å². The van der Waals surface area contributed by atoms with Gasteiger partial charge in [-0.3, -0.25) is 10.1 Å². The highest BCUT2D eigenvalue weighted by atomic mass is 35.5. The van der Waals surface area contributed by atoms with Crippen molar-refractivity contribution < 1.29 is 9.66 Å². The van der Waals surface area contributed by atoms with E-state index in [2.05, 4.69) is 15.3 Å². The van der Waals surface area contributed by atoms with Gasteiger partial charge in [0.1, 0.15) is 12.1 Å². The van der Waals surface area contributed by atoms with Crippen LogP contribution in [0.25, 0.3) is 0 Å². The zero-order valence-corrected chi connectivity index (χ0v) is 15.0. The molecule has 0 amide bonds. The average Bonchev–Trinajstić information content (AvgIpc) is 2.60. The highest BCUT2D eigenvalue weighted by Crippen LogP contribution is 2.36. The van der Waals surface area contributed by atoms with Crippen LogP contribution in [0.5, 0.6) is 11.6 Å². The first kappa shape index (κ1) is 17.9. The molecule has 9 heteroatoms. The van der Waals surface area contributed by atoms with Gasteiger partial charge in [-0.1, -0.05) is 40.9 Å². The lowest BCUT2D eigenvalue weighted by atomic mass is 10.2. The number of nitrogens with one attached hydrogen (secondary N) is 1. The van der Waals surface area contributed by atoms with Crippen LogP contribution in [0.4, 0.5) is 17.2 Å². The van der Waals surface area contributed by atoms with Crippen LogP contribution in [0, 0.1) is 17.0 Å². The van der Waals surface area contributed by atoms with Gasteiger partial charge in [-0.25, -0.2) is 4.98 Å². The van der Waals surface area contributed by atoms with E-state index in [1.807, 2.05) is 19.1 Å². The smallest absolute Gasteiger partial charge is 0.373 e. The summed E-state index contributed by atoms with van der Waals surface area (Å²) in [7, 11) is 0. The van der Waals surface area contributed by atoms with Crippen molar-refractivity contribution >= 4 is 40.4 Å². The van der Waals surface area contributed by atoms with Gasteiger partial charge in [0.2, 0.25) is 5.82 Å². The van der Waals surface area contributed by atoms with Gasteiger partial charge in [0.15, 0.2) is 0 Å². The number of nitro groups is 1. The quantitative estimate of drug-likeness (QED) is 0.454. The summed E-state index contributed by atoms with van der Waals surface area (Å²) in [6.45, 7) is 1.93. The van der Waals surface area contributed by atoms with Crippen molar-refractivity contribution in [2.24, 2.45) is 0 Å². The molecule has 1 N–H and O–H groups in total. The fourth-order valence-electron chi connectivity index (χ4n) is 2.12. The summed E-state index contributed by atoms with van der Waals surface area (Å²) in [5.41, 5.74) is 1.14. The summed E-state index contributed by atoms with van der Waals surface area (Å²) in [5.74, 6) is 0.236. The van der Waals surface area contributed by atoms with E-state index in [1.165, 1.54) is 12.4 Å². The Kier molecular flexibility index (Phi) is 5.20. The lowest BCUT2D eigenvalue weighted by Gasteiger charge is -2.10. The highest BCUT2D eigenvalue weighted by molar-refractivity contribution is 6.42. The Morgan fingerprint density at radius 2 is 1.81 bits per heavy atom. The van der Waals surface area contributed by atoms with Crippen LogP contribution in [0.1, 0.15) is 5.56 Å². The molecule has 3 aromatic rings. The van der Waals surface area contributed by atoms with Crippen LogP contribution < -0.4 is 10.1 Å². The molecular formula is C17H12Cl2N4O3. The number of aryl methyl sites for hydroxylation is 1. The fourth-order valence-corrected chi connectivity index (χ4v) is 2.42. The first-order valence-electron chi connectivity index (χ1n) is 7.40. The van der Waals surface area contributed by atoms with Gasteiger partial charge in [-0.2, -0.15) is 4.98 Å². The molecule has 0 aliphatic rings. The summed E-state index contributed by atoms with van der Waals surface area (Å²) >= 11 is 11.8. The molecule has 0 bridgehead atoms. The maximum atomic E-state index is 11.6.